The topological polar surface area (TPSA) is 72.0 Å². The van der Waals surface area contributed by atoms with Crippen LogP contribution in [0, 0.1) is 13.8 Å². The monoisotopic (exact) mass is 283 g/mol. The van der Waals surface area contributed by atoms with Gasteiger partial charge in [-0.05, 0) is 38.1 Å². The second kappa shape index (κ2) is 5.13. The van der Waals surface area contributed by atoms with E-state index < -0.39 is 10.0 Å². The molecule has 0 amide bonds. The molecule has 0 fully saturated rings. The summed E-state index contributed by atoms with van der Waals surface area (Å²) in [4.78, 5) is 0.963. The van der Waals surface area contributed by atoms with Gasteiger partial charge in [-0.3, -0.25) is 0 Å². The van der Waals surface area contributed by atoms with E-state index in [0.717, 1.165) is 10.6 Å². The lowest BCUT2D eigenvalue weighted by Crippen LogP contribution is -2.23. The number of hydrogen-bond donors (Lipinski definition) is 1. The predicted molar refractivity (Wildman–Crippen MR) is 69.9 cm³/mol. The van der Waals surface area contributed by atoms with E-state index in [0.29, 0.717) is 9.90 Å². The molecule has 0 atom stereocenters. The molecule has 0 saturated carbocycles. The van der Waals surface area contributed by atoms with Crippen molar-refractivity contribution >= 4 is 21.4 Å². The quantitative estimate of drug-likeness (QED) is 0.925. The zero-order valence-corrected chi connectivity index (χ0v) is 11.7. The number of nitrogens with one attached hydrogen (secondary N) is 1. The van der Waals surface area contributed by atoms with Crippen LogP contribution in [-0.4, -0.2) is 18.6 Å². The molecule has 0 aliphatic carbocycles. The maximum Gasteiger partial charge on any atom is 0.250 e. The zero-order chi connectivity index (χ0) is 13.2. The van der Waals surface area contributed by atoms with Crippen LogP contribution in [0.1, 0.15) is 16.3 Å². The minimum Gasteiger partial charge on any atom is -0.206 e. The summed E-state index contributed by atoms with van der Waals surface area (Å²) in [6, 6.07) is 6.94. The number of aromatic nitrogens is 2. The van der Waals surface area contributed by atoms with Gasteiger partial charge in [0.05, 0.1) is 17.9 Å². The van der Waals surface area contributed by atoms with Crippen LogP contribution < -0.4 is 4.72 Å². The largest absolute Gasteiger partial charge is 0.250 e. The second-order valence-corrected chi connectivity index (χ2v) is 7.14. The summed E-state index contributed by atoms with van der Waals surface area (Å²) in [5, 5.41) is 7.78. The van der Waals surface area contributed by atoms with E-state index in [9.17, 15) is 8.42 Å². The third-order valence-corrected chi connectivity index (χ3v) is 5.17. The van der Waals surface area contributed by atoms with Crippen molar-refractivity contribution in [3.05, 3.63) is 40.5 Å². The van der Waals surface area contributed by atoms with Gasteiger partial charge in [-0.25, -0.2) is 13.1 Å². The van der Waals surface area contributed by atoms with Gasteiger partial charge in [-0.1, -0.05) is 0 Å². The fourth-order valence-corrected chi connectivity index (χ4v) is 3.64. The van der Waals surface area contributed by atoms with Crippen LogP contribution in [0.25, 0.3) is 0 Å². The Bertz CT molecular complexity index is 633. The molecule has 2 aromatic rings. The molecule has 0 aromatic carbocycles. The van der Waals surface area contributed by atoms with Crippen molar-refractivity contribution in [2.24, 2.45) is 0 Å². The molecule has 0 radical (unpaired) electrons. The SMILES string of the molecule is Cc1ccc(CNS(=O)(=O)c2ccc(C)s2)nn1. The van der Waals surface area contributed by atoms with E-state index in [-0.39, 0.29) is 6.54 Å². The van der Waals surface area contributed by atoms with Crippen LogP contribution in [0.15, 0.2) is 28.5 Å². The lowest BCUT2D eigenvalue weighted by molar-refractivity contribution is 0.582. The van der Waals surface area contributed by atoms with Gasteiger partial charge < -0.3 is 0 Å². The van der Waals surface area contributed by atoms with Crippen LogP contribution in [0.4, 0.5) is 0 Å². The molecule has 2 heterocycles. The Labute approximate surface area is 110 Å². The van der Waals surface area contributed by atoms with Crippen molar-refractivity contribution in [2.75, 3.05) is 0 Å². The highest BCUT2D eigenvalue weighted by Crippen LogP contribution is 2.20. The van der Waals surface area contributed by atoms with E-state index in [1.54, 1.807) is 24.3 Å². The third kappa shape index (κ3) is 3.12. The fraction of sp³-hybridized carbons (Fsp3) is 0.273. The summed E-state index contributed by atoms with van der Waals surface area (Å²) in [7, 11) is -3.45. The summed E-state index contributed by atoms with van der Waals surface area (Å²) in [6.07, 6.45) is 0. The van der Waals surface area contributed by atoms with Crippen LogP contribution in [-0.2, 0) is 16.6 Å². The van der Waals surface area contributed by atoms with Gasteiger partial charge in [0.2, 0.25) is 10.0 Å². The van der Waals surface area contributed by atoms with Crippen LogP contribution >= 0.6 is 11.3 Å². The van der Waals surface area contributed by atoms with E-state index in [4.69, 9.17) is 0 Å². The average Bonchev–Trinajstić information content (AvgIpc) is 2.76. The van der Waals surface area contributed by atoms with Crippen molar-refractivity contribution in [3.8, 4) is 0 Å². The molecule has 0 aliphatic rings. The molecule has 0 spiro atoms. The number of nitrogens with zero attached hydrogens (tertiary/aromatic N) is 2. The van der Waals surface area contributed by atoms with Crippen LogP contribution in [0.3, 0.4) is 0 Å². The molecule has 96 valence electrons. The first-order chi connectivity index (χ1) is 8.47. The van der Waals surface area contributed by atoms with Gasteiger partial charge in [0.15, 0.2) is 0 Å². The minimum absolute atomic E-state index is 0.145. The first-order valence-electron chi connectivity index (χ1n) is 5.33. The Balaban J connectivity index is 2.08. The van der Waals surface area contributed by atoms with Crippen LogP contribution in [0.5, 0.6) is 0 Å². The highest BCUT2D eigenvalue weighted by atomic mass is 32.2. The average molecular weight is 283 g/mol. The Morgan fingerprint density at radius 3 is 2.50 bits per heavy atom. The van der Waals surface area contributed by atoms with Crippen molar-refractivity contribution in [2.45, 2.75) is 24.6 Å². The molecule has 0 saturated heterocycles. The summed E-state index contributed by atoms with van der Waals surface area (Å²) < 4.78 is 26.7. The molecular formula is C11H13N3O2S2. The maximum absolute atomic E-state index is 11.9. The predicted octanol–water partition coefficient (Wildman–Crippen LogP) is 1.63. The van der Waals surface area contributed by atoms with Crippen molar-refractivity contribution < 1.29 is 8.42 Å². The Morgan fingerprint density at radius 1 is 1.17 bits per heavy atom. The van der Waals surface area contributed by atoms with E-state index in [1.807, 2.05) is 13.8 Å². The maximum atomic E-state index is 11.9. The van der Waals surface area contributed by atoms with Gasteiger partial charge in [0.1, 0.15) is 4.21 Å². The standard InChI is InChI=1S/C11H13N3O2S2/c1-8-3-5-10(14-13-8)7-12-18(15,16)11-6-4-9(2)17-11/h3-6,12H,7H2,1-2H3. The van der Waals surface area contributed by atoms with Crippen LogP contribution in [0.2, 0.25) is 0 Å². The number of thiophene rings is 1. The molecule has 0 aliphatic heterocycles. The molecular weight excluding hydrogens is 270 g/mol. The number of rotatable bonds is 4. The molecule has 0 bridgehead atoms. The zero-order valence-electron chi connectivity index (χ0n) is 10.0. The smallest absolute Gasteiger partial charge is 0.206 e. The highest BCUT2D eigenvalue weighted by molar-refractivity contribution is 7.91. The summed E-state index contributed by atoms with van der Waals surface area (Å²) in [5.74, 6) is 0. The fourth-order valence-electron chi connectivity index (χ4n) is 1.32. The van der Waals surface area contributed by atoms with Gasteiger partial charge in [0.25, 0.3) is 0 Å². The summed E-state index contributed by atoms with van der Waals surface area (Å²) in [5.41, 5.74) is 1.40. The minimum atomic E-state index is -3.45. The number of hydrogen-bond acceptors (Lipinski definition) is 5. The Kier molecular flexibility index (Phi) is 3.74. The first-order valence-corrected chi connectivity index (χ1v) is 7.63. The molecule has 5 nitrogen and oxygen atoms in total. The van der Waals surface area contributed by atoms with Gasteiger partial charge in [-0.2, -0.15) is 10.2 Å². The number of aryl methyl sites for hydroxylation is 2. The molecule has 7 heteroatoms. The van der Waals surface area contributed by atoms with Gasteiger partial charge in [0, 0.05) is 4.88 Å². The molecule has 18 heavy (non-hydrogen) atoms. The summed E-state index contributed by atoms with van der Waals surface area (Å²) >= 11 is 1.25. The van der Waals surface area contributed by atoms with Gasteiger partial charge >= 0.3 is 0 Å². The highest BCUT2D eigenvalue weighted by Gasteiger charge is 2.15. The third-order valence-electron chi connectivity index (χ3n) is 2.28. The van der Waals surface area contributed by atoms with Gasteiger partial charge in [-0.15, -0.1) is 11.3 Å². The number of sulfonamides is 1. The lowest BCUT2D eigenvalue weighted by atomic mass is 10.3. The van der Waals surface area contributed by atoms with Crippen molar-refractivity contribution in [3.63, 3.8) is 0 Å². The van der Waals surface area contributed by atoms with E-state index >= 15 is 0 Å². The Hall–Kier alpha value is -1.31. The van der Waals surface area contributed by atoms with Crippen molar-refractivity contribution in [1.82, 2.24) is 14.9 Å². The Morgan fingerprint density at radius 2 is 1.94 bits per heavy atom. The van der Waals surface area contributed by atoms with E-state index in [1.165, 1.54) is 11.3 Å². The van der Waals surface area contributed by atoms with E-state index in [2.05, 4.69) is 14.9 Å². The van der Waals surface area contributed by atoms with Crippen molar-refractivity contribution in [1.29, 1.82) is 0 Å². The molecule has 0 unspecified atom stereocenters. The molecule has 1 N–H and O–H groups in total. The normalized spacial score (nSPS) is 11.7. The summed E-state index contributed by atoms with van der Waals surface area (Å²) in [6.45, 7) is 3.84. The second-order valence-electron chi connectivity index (χ2n) is 3.86. The molecule has 2 aromatic heterocycles. The first kappa shape index (κ1) is 13.1. The molecule has 2 rings (SSSR count). The lowest BCUT2D eigenvalue weighted by Gasteiger charge is -2.03.